The van der Waals surface area contributed by atoms with Gasteiger partial charge in [0.1, 0.15) is 5.82 Å². The minimum Gasteiger partial charge on any atom is -0.327 e. The van der Waals surface area contributed by atoms with Gasteiger partial charge in [0, 0.05) is 16.9 Å². The van der Waals surface area contributed by atoms with Crippen LogP contribution in [-0.4, -0.2) is 11.8 Å². The number of benzene rings is 1. The summed E-state index contributed by atoms with van der Waals surface area (Å²) < 4.78 is 14.2. The third-order valence-corrected chi connectivity index (χ3v) is 3.04. The molecule has 1 aromatic rings. The van der Waals surface area contributed by atoms with Crippen LogP contribution >= 0.6 is 15.9 Å². The predicted octanol–water partition coefficient (Wildman–Crippen LogP) is 3.92. The van der Waals surface area contributed by atoms with Crippen LogP contribution in [0.4, 0.5) is 4.39 Å². The largest absolute Gasteiger partial charge is 0.327 e. The van der Waals surface area contributed by atoms with Crippen LogP contribution in [0, 0.1) is 11.2 Å². The Morgan fingerprint density at radius 2 is 2.06 bits per heavy atom. The third kappa shape index (κ3) is 4.86. The molecule has 0 bridgehead atoms. The normalized spacial score (nSPS) is 13.4. The average Bonchev–Trinajstić information content (AvgIpc) is 2.18. The van der Waals surface area contributed by atoms with Gasteiger partial charge >= 0.3 is 0 Å². The quantitative estimate of drug-likeness (QED) is 0.856. The maximum absolute atomic E-state index is 13.5. The molecule has 0 spiro atoms. The molecule has 0 saturated carbocycles. The Morgan fingerprint density at radius 3 is 2.61 bits per heavy atom. The number of nitrogens with two attached hydrogens (primary N) is 1. The molecule has 0 radical (unpaired) electrons. The minimum absolute atomic E-state index is 0.0650. The molecule has 0 aromatic heterocycles. The second-order valence-corrected chi connectivity index (χ2v) is 6.69. The molecule has 1 unspecified atom stereocenters. The molecule has 0 aliphatic rings. The van der Waals surface area contributed by atoms with Gasteiger partial charge in [0.2, 0.25) is 0 Å². The number of ketones is 1. The second-order valence-electron chi connectivity index (χ2n) is 5.78. The number of halogens is 2. The van der Waals surface area contributed by atoms with Crippen molar-refractivity contribution in [1.82, 2.24) is 0 Å². The highest BCUT2D eigenvalue weighted by Gasteiger charge is 2.20. The van der Waals surface area contributed by atoms with E-state index in [1.807, 2.05) is 0 Å². The number of hydrogen-bond donors (Lipinski definition) is 1. The number of hydrogen-bond acceptors (Lipinski definition) is 2. The third-order valence-electron chi connectivity index (χ3n) is 2.55. The SMILES string of the molecule is CC(C)(C)CC(N)CC(=O)c1cc(Br)ccc1F. The van der Waals surface area contributed by atoms with Crippen molar-refractivity contribution >= 4 is 21.7 Å². The fourth-order valence-corrected chi connectivity index (χ4v) is 2.28. The molecule has 1 atom stereocenters. The Labute approximate surface area is 116 Å². The van der Waals surface area contributed by atoms with E-state index >= 15 is 0 Å². The lowest BCUT2D eigenvalue weighted by atomic mass is 9.86. The van der Waals surface area contributed by atoms with E-state index in [1.54, 1.807) is 6.07 Å². The fourth-order valence-electron chi connectivity index (χ4n) is 1.92. The van der Waals surface area contributed by atoms with Crippen molar-refractivity contribution in [3.05, 3.63) is 34.1 Å². The van der Waals surface area contributed by atoms with Gasteiger partial charge in [0.05, 0.1) is 5.56 Å². The van der Waals surface area contributed by atoms with E-state index in [2.05, 4.69) is 36.7 Å². The van der Waals surface area contributed by atoms with Crippen LogP contribution in [0.1, 0.15) is 44.0 Å². The highest BCUT2D eigenvalue weighted by Crippen LogP contribution is 2.23. The lowest BCUT2D eigenvalue weighted by molar-refractivity contribution is 0.0964. The van der Waals surface area contributed by atoms with Crippen molar-refractivity contribution in [3.8, 4) is 0 Å². The lowest BCUT2D eigenvalue weighted by Crippen LogP contribution is -2.29. The van der Waals surface area contributed by atoms with Crippen molar-refractivity contribution < 1.29 is 9.18 Å². The topological polar surface area (TPSA) is 43.1 Å². The molecule has 0 heterocycles. The molecular weight excluding hydrogens is 297 g/mol. The zero-order valence-electron chi connectivity index (χ0n) is 11.0. The van der Waals surface area contributed by atoms with E-state index in [0.29, 0.717) is 4.47 Å². The Kier molecular flexibility index (Phi) is 5.05. The van der Waals surface area contributed by atoms with Gasteiger partial charge < -0.3 is 5.73 Å². The van der Waals surface area contributed by atoms with Gasteiger partial charge in [-0.3, -0.25) is 4.79 Å². The molecule has 1 aromatic carbocycles. The molecule has 1 rings (SSSR count). The van der Waals surface area contributed by atoms with Crippen LogP contribution in [0.3, 0.4) is 0 Å². The Balaban J connectivity index is 2.74. The lowest BCUT2D eigenvalue weighted by Gasteiger charge is -2.22. The van der Waals surface area contributed by atoms with Gasteiger partial charge in [-0.1, -0.05) is 36.7 Å². The summed E-state index contributed by atoms with van der Waals surface area (Å²) in [4.78, 5) is 12.0. The summed E-state index contributed by atoms with van der Waals surface area (Å²) in [6.45, 7) is 6.20. The van der Waals surface area contributed by atoms with Crippen molar-refractivity contribution in [2.45, 2.75) is 39.7 Å². The molecule has 4 heteroatoms. The molecule has 0 fully saturated rings. The first-order valence-electron chi connectivity index (χ1n) is 5.93. The van der Waals surface area contributed by atoms with Gasteiger partial charge in [-0.25, -0.2) is 4.39 Å². The standard InChI is InChI=1S/C14H19BrFNO/c1-14(2,3)8-10(17)7-13(18)11-6-9(15)4-5-12(11)16/h4-6,10H,7-8,17H2,1-3H3. The number of carbonyl (C=O) groups excluding carboxylic acids is 1. The maximum Gasteiger partial charge on any atom is 0.167 e. The first-order valence-corrected chi connectivity index (χ1v) is 6.72. The van der Waals surface area contributed by atoms with Crippen LogP contribution in [0.25, 0.3) is 0 Å². The summed E-state index contributed by atoms with van der Waals surface area (Å²) in [6.07, 6.45) is 0.902. The molecule has 0 amide bonds. The van der Waals surface area contributed by atoms with Gasteiger partial charge in [-0.2, -0.15) is 0 Å². The summed E-state index contributed by atoms with van der Waals surface area (Å²) in [5.74, 6) is -0.739. The van der Waals surface area contributed by atoms with Gasteiger partial charge in [0.15, 0.2) is 5.78 Å². The van der Waals surface area contributed by atoms with Gasteiger partial charge in [0.25, 0.3) is 0 Å². The first-order chi connectivity index (χ1) is 8.19. The zero-order valence-corrected chi connectivity index (χ0v) is 12.6. The maximum atomic E-state index is 13.5. The fraction of sp³-hybridized carbons (Fsp3) is 0.500. The second kappa shape index (κ2) is 5.93. The van der Waals surface area contributed by atoms with Crippen molar-refractivity contribution in [1.29, 1.82) is 0 Å². The Morgan fingerprint density at radius 1 is 1.44 bits per heavy atom. The highest BCUT2D eigenvalue weighted by atomic mass is 79.9. The van der Waals surface area contributed by atoms with E-state index in [4.69, 9.17) is 5.73 Å². The summed E-state index contributed by atoms with van der Waals surface area (Å²) in [5.41, 5.74) is 6.10. The number of rotatable bonds is 4. The molecule has 2 N–H and O–H groups in total. The molecular formula is C14H19BrFNO. The van der Waals surface area contributed by atoms with Crippen LogP contribution in [-0.2, 0) is 0 Å². The van der Waals surface area contributed by atoms with Crippen LogP contribution in [0.2, 0.25) is 0 Å². The molecule has 2 nitrogen and oxygen atoms in total. The molecule has 0 saturated heterocycles. The Bertz CT molecular complexity index is 440. The van der Waals surface area contributed by atoms with Crippen LogP contribution < -0.4 is 5.73 Å². The van der Waals surface area contributed by atoms with E-state index in [0.717, 1.165) is 6.42 Å². The monoisotopic (exact) mass is 315 g/mol. The first kappa shape index (κ1) is 15.3. The summed E-state index contributed by atoms with van der Waals surface area (Å²) in [7, 11) is 0. The number of carbonyl (C=O) groups is 1. The van der Waals surface area contributed by atoms with E-state index in [9.17, 15) is 9.18 Å². The molecule has 18 heavy (non-hydrogen) atoms. The summed E-state index contributed by atoms with van der Waals surface area (Å²) in [5, 5.41) is 0. The summed E-state index contributed by atoms with van der Waals surface area (Å²) >= 11 is 3.23. The molecule has 0 aliphatic heterocycles. The van der Waals surface area contributed by atoms with E-state index < -0.39 is 5.82 Å². The average molecular weight is 316 g/mol. The Hall–Kier alpha value is -0.740. The predicted molar refractivity (Wildman–Crippen MR) is 75.1 cm³/mol. The highest BCUT2D eigenvalue weighted by molar-refractivity contribution is 9.10. The summed E-state index contributed by atoms with van der Waals surface area (Å²) in [6, 6.07) is 4.12. The van der Waals surface area contributed by atoms with Gasteiger partial charge in [-0.05, 0) is 30.0 Å². The molecule has 100 valence electrons. The van der Waals surface area contributed by atoms with Crippen LogP contribution in [0.5, 0.6) is 0 Å². The van der Waals surface area contributed by atoms with Crippen molar-refractivity contribution in [2.75, 3.05) is 0 Å². The van der Waals surface area contributed by atoms with E-state index in [-0.39, 0.29) is 29.2 Å². The minimum atomic E-state index is -0.494. The smallest absolute Gasteiger partial charge is 0.167 e. The van der Waals surface area contributed by atoms with Crippen LogP contribution in [0.15, 0.2) is 22.7 Å². The van der Waals surface area contributed by atoms with Crippen molar-refractivity contribution in [2.24, 2.45) is 11.1 Å². The van der Waals surface area contributed by atoms with Gasteiger partial charge in [-0.15, -0.1) is 0 Å². The number of Topliss-reactive ketones (excluding diaryl/α,β-unsaturated/α-hetero) is 1. The van der Waals surface area contributed by atoms with Crippen molar-refractivity contribution in [3.63, 3.8) is 0 Å². The molecule has 0 aliphatic carbocycles. The van der Waals surface area contributed by atoms with E-state index in [1.165, 1.54) is 12.1 Å². The zero-order chi connectivity index (χ0) is 13.9.